The van der Waals surface area contributed by atoms with Crippen molar-refractivity contribution in [2.75, 3.05) is 20.3 Å². The Morgan fingerprint density at radius 3 is 2.67 bits per heavy atom. The maximum absolute atomic E-state index is 12.9. The number of rotatable bonds is 5. The van der Waals surface area contributed by atoms with Crippen LogP contribution in [0.3, 0.4) is 0 Å². The van der Waals surface area contributed by atoms with E-state index in [1.165, 1.54) is 19.3 Å². The zero-order chi connectivity index (χ0) is 15.2. The van der Waals surface area contributed by atoms with Gasteiger partial charge in [-0.1, -0.05) is 19.3 Å². The molecule has 5 heteroatoms. The van der Waals surface area contributed by atoms with E-state index in [-0.39, 0.29) is 23.9 Å². The Bertz CT molecular complexity index is 367. The smallest absolute Gasteiger partial charge is 0.245 e. The molecule has 0 aromatic carbocycles. The Morgan fingerprint density at radius 1 is 1.29 bits per heavy atom. The second kappa shape index (κ2) is 7.78. The van der Waals surface area contributed by atoms with Crippen molar-refractivity contribution in [2.24, 2.45) is 5.92 Å². The van der Waals surface area contributed by atoms with E-state index < -0.39 is 0 Å². The fraction of sp³-hybridized carbons (Fsp3) is 0.875. The number of hydrogen-bond donors (Lipinski definition) is 1. The van der Waals surface area contributed by atoms with E-state index in [0.717, 1.165) is 19.3 Å². The van der Waals surface area contributed by atoms with Crippen LogP contribution in [0.25, 0.3) is 0 Å². The highest BCUT2D eigenvalue weighted by Gasteiger charge is 2.37. The molecule has 1 aliphatic heterocycles. The molecule has 2 rings (SSSR count). The molecule has 0 aromatic heterocycles. The van der Waals surface area contributed by atoms with Gasteiger partial charge in [0.1, 0.15) is 6.04 Å². The predicted octanol–water partition coefficient (Wildman–Crippen LogP) is 1.71. The van der Waals surface area contributed by atoms with E-state index in [4.69, 9.17) is 4.74 Å². The number of nitrogens with one attached hydrogen (secondary N) is 1. The Morgan fingerprint density at radius 2 is 2.00 bits per heavy atom. The third kappa shape index (κ3) is 4.19. The molecular weight excluding hydrogens is 268 g/mol. The Hall–Kier alpha value is -1.10. The zero-order valence-corrected chi connectivity index (χ0v) is 13.3. The molecule has 0 spiro atoms. The molecule has 2 amide bonds. The SMILES string of the molecule is COCCC(C)N1CCC(=O)NC(C2CCCCC2)C1=O. The first-order valence-electron chi connectivity index (χ1n) is 8.22. The lowest BCUT2D eigenvalue weighted by Crippen LogP contribution is -2.51. The summed E-state index contributed by atoms with van der Waals surface area (Å²) < 4.78 is 5.11. The van der Waals surface area contributed by atoms with Gasteiger partial charge in [0.2, 0.25) is 11.8 Å². The molecular formula is C16H28N2O3. The number of nitrogens with zero attached hydrogens (tertiary/aromatic N) is 1. The Balaban J connectivity index is 2.07. The highest BCUT2D eigenvalue weighted by atomic mass is 16.5. The summed E-state index contributed by atoms with van der Waals surface area (Å²) in [7, 11) is 1.67. The van der Waals surface area contributed by atoms with Crippen molar-refractivity contribution >= 4 is 11.8 Å². The van der Waals surface area contributed by atoms with Gasteiger partial charge in [0, 0.05) is 32.7 Å². The van der Waals surface area contributed by atoms with Crippen molar-refractivity contribution in [1.29, 1.82) is 0 Å². The maximum Gasteiger partial charge on any atom is 0.245 e. The van der Waals surface area contributed by atoms with Crippen LogP contribution in [-0.2, 0) is 14.3 Å². The molecule has 0 aromatic rings. The van der Waals surface area contributed by atoms with E-state index in [0.29, 0.717) is 25.5 Å². The zero-order valence-electron chi connectivity index (χ0n) is 13.3. The van der Waals surface area contributed by atoms with Crippen molar-refractivity contribution in [1.82, 2.24) is 10.2 Å². The van der Waals surface area contributed by atoms with E-state index in [2.05, 4.69) is 5.32 Å². The van der Waals surface area contributed by atoms with Gasteiger partial charge in [0.15, 0.2) is 0 Å². The van der Waals surface area contributed by atoms with Crippen molar-refractivity contribution in [3.05, 3.63) is 0 Å². The minimum absolute atomic E-state index is 0.0142. The van der Waals surface area contributed by atoms with Crippen LogP contribution < -0.4 is 5.32 Å². The van der Waals surface area contributed by atoms with Crippen LogP contribution in [0.5, 0.6) is 0 Å². The molecule has 1 saturated heterocycles. The molecule has 5 nitrogen and oxygen atoms in total. The number of carbonyl (C=O) groups is 2. The van der Waals surface area contributed by atoms with E-state index in [9.17, 15) is 9.59 Å². The molecule has 1 aliphatic carbocycles. The number of amides is 2. The van der Waals surface area contributed by atoms with Gasteiger partial charge in [-0.15, -0.1) is 0 Å². The molecule has 1 heterocycles. The molecule has 1 saturated carbocycles. The third-order valence-corrected chi connectivity index (χ3v) is 4.84. The molecule has 0 radical (unpaired) electrons. The van der Waals surface area contributed by atoms with Gasteiger partial charge in [0.25, 0.3) is 0 Å². The quantitative estimate of drug-likeness (QED) is 0.840. The Labute approximate surface area is 127 Å². The van der Waals surface area contributed by atoms with Crippen molar-refractivity contribution in [3.63, 3.8) is 0 Å². The number of methoxy groups -OCH3 is 1. The summed E-state index contributed by atoms with van der Waals surface area (Å²) in [6.07, 6.45) is 6.92. The van der Waals surface area contributed by atoms with Crippen LogP contribution in [0.4, 0.5) is 0 Å². The van der Waals surface area contributed by atoms with Crippen LogP contribution in [0.15, 0.2) is 0 Å². The minimum Gasteiger partial charge on any atom is -0.385 e. The first-order chi connectivity index (χ1) is 10.1. The molecule has 1 N–H and O–H groups in total. The average Bonchev–Trinajstić information content (AvgIpc) is 2.65. The van der Waals surface area contributed by atoms with Crippen LogP contribution >= 0.6 is 0 Å². The van der Waals surface area contributed by atoms with Gasteiger partial charge in [-0.2, -0.15) is 0 Å². The van der Waals surface area contributed by atoms with E-state index >= 15 is 0 Å². The summed E-state index contributed by atoms with van der Waals surface area (Å²) in [6.45, 7) is 3.21. The molecule has 2 aliphatic rings. The third-order valence-electron chi connectivity index (χ3n) is 4.84. The summed E-state index contributed by atoms with van der Waals surface area (Å²) in [5, 5.41) is 2.98. The fourth-order valence-electron chi connectivity index (χ4n) is 3.49. The number of ether oxygens (including phenoxy) is 1. The van der Waals surface area contributed by atoms with E-state index in [1.807, 2.05) is 11.8 Å². The lowest BCUT2D eigenvalue weighted by molar-refractivity contribution is -0.137. The minimum atomic E-state index is -0.315. The average molecular weight is 296 g/mol. The first-order valence-corrected chi connectivity index (χ1v) is 8.22. The van der Waals surface area contributed by atoms with Gasteiger partial charge in [-0.05, 0) is 32.1 Å². The normalized spacial score (nSPS) is 26.4. The van der Waals surface area contributed by atoms with Gasteiger partial charge in [-0.25, -0.2) is 0 Å². The molecule has 2 unspecified atom stereocenters. The molecule has 120 valence electrons. The summed E-state index contributed by atoms with van der Waals surface area (Å²) in [5.41, 5.74) is 0. The monoisotopic (exact) mass is 296 g/mol. The summed E-state index contributed by atoms with van der Waals surface area (Å²) >= 11 is 0. The van der Waals surface area contributed by atoms with Crippen molar-refractivity contribution in [3.8, 4) is 0 Å². The molecule has 21 heavy (non-hydrogen) atoms. The van der Waals surface area contributed by atoms with Gasteiger partial charge in [-0.3, -0.25) is 9.59 Å². The molecule has 2 atom stereocenters. The van der Waals surface area contributed by atoms with Crippen LogP contribution in [0.1, 0.15) is 51.9 Å². The summed E-state index contributed by atoms with van der Waals surface area (Å²) in [6, 6.07) is -0.193. The summed E-state index contributed by atoms with van der Waals surface area (Å²) in [5.74, 6) is 0.433. The highest BCUT2D eigenvalue weighted by molar-refractivity contribution is 5.90. The van der Waals surface area contributed by atoms with Crippen molar-refractivity contribution < 1.29 is 14.3 Å². The summed E-state index contributed by atoms with van der Waals surface area (Å²) in [4.78, 5) is 26.7. The van der Waals surface area contributed by atoms with Crippen molar-refractivity contribution in [2.45, 2.75) is 64.0 Å². The predicted molar refractivity (Wildman–Crippen MR) is 80.8 cm³/mol. The lowest BCUT2D eigenvalue weighted by Gasteiger charge is -2.34. The largest absolute Gasteiger partial charge is 0.385 e. The second-order valence-corrected chi connectivity index (χ2v) is 6.36. The standard InChI is InChI=1S/C16H28N2O3/c1-12(9-11-21-2)18-10-8-14(19)17-15(16(18)20)13-6-4-3-5-7-13/h12-13,15H,3-11H2,1-2H3,(H,17,19). The number of hydrogen-bond acceptors (Lipinski definition) is 3. The molecule has 0 bridgehead atoms. The number of carbonyl (C=O) groups excluding carboxylic acids is 2. The van der Waals surface area contributed by atoms with Gasteiger partial charge in [0.05, 0.1) is 0 Å². The van der Waals surface area contributed by atoms with E-state index in [1.54, 1.807) is 7.11 Å². The lowest BCUT2D eigenvalue weighted by atomic mass is 9.83. The van der Waals surface area contributed by atoms with Gasteiger partial charge >= 0.3 is 0 Å². The fourth-order valence-corrected chi connectivity index (χ4v) is 3.49. The Kier molecular flexibility index (Phi) is 6.03. The van der Waals surface area contributed by atoms with Gasteiger partial charge < -0.3 is 15.0 Å². The first kappa shape index (κ1) is 16.3. The van der Waals surface area contributed by atoms with Crippen LogP contribution in [0, 0.1) is 5.92 Å². The molecule has 2 fully saturated rings. The maximum atomic E-state index is 12.9. The van der Waals surface area contributed by atoms with Crippen LogP contribution in [0.2, 0.25) is 0 Å². The highest BCUT2D eigenvalue weighted by Crippen LogP contribution is 2.28. The second-order valence-electron chi connectivity index (χ2n) is 6.36. The van der Waals surface area contributed by atoms with Crippen LogP contribution in [-0.4, -0.2) is 49.1 Å². The topological polar surface area (TPSA) is 58.6 Å².